The highest BCUT2D eigenvalue weighted by molar-refractivity contribution is 8.13. The van der Waals surface area contributed by atoms with Crippen LogP contribution < -0.4 is 16.4 Å². The van der Waals surface area contributed by atoms with Gasteiger partial charge in [0.1, 0.15) is 18.2 Å². The highest BCUT2D eigenvalue weighted by atomic mass is 32.2. The summed E-state index contributed by atoms with van der Waals surface area (Å²) in [5, 5.41) is 23.3. The van der Waals surface area contributed by atoms with E-state index in [9.17, 15) is 38.8 Å². The van der Waals surface area contributed by atoms with Gasteiger partial charge >= 0.3 is 13.7 Å². The topological polar surface area (TPSA) is 277 Å². The van der Waals surface area contributed by atoms with Crippen molar-refractivity contribution in [1.29, 1.82) is 0 Å². The number of aliphatic hydroxyl groups excluding tert-OH is 2. The average molecular weight is 812 g/mol. The van der Waals surface area contributed by atoms with Gasteiger partial charge in [-0.2, -0.15) is 4.98 Å². The highest BCUT2D eigenvalue weighted by Crippen LogP contribution is 2.49. The molecule has 1 fully saturated rings. The van der Waals surface area contributed by atoms with Crippen molar-refractivity contribution in [2.75, 3.05) is 45.4 Å². The molecule has 55 heavy (non-hydrogen) atoms. The lowest BCUT2D eigenvalue weighted by Gasteiger charge is -2.31. The second kappa shape index (κ2) is 18.2. The quantitative estimate of drug-likeness (QED) is 0.0627. The van der Waals surface area contributed by atoms with Gasteiger partial charge in [0.05, 0.1) is 31.6 Å². The Morgan fingerprint density at radius 2 is 1.96 bits per heavy atom. The molecule has 20 nitrogen and oxygen atoms in total. The molecule has 6 N–H and O–H groups in total. The molecule has 1 saturated heterocycles. The third kappa shape index (κ3) is 10.2. The SMILES string of the molecule is CCOC(=O)[C@H](Cc1ccccc1)NP(=O)(OC[C@H]1O[C@@H](n2cnc3c(=O)[nH]c(N)nc32)[C@](C)(OC=O)[C@@H]1O)OC(CSC(=O)C(C)(C)CO)C(=O)N(C)C. The number of hydrogen-bond donors (Lipinski definition) is 5. The molecule has 0 bridgehead atoms. The van der Waals surface area contributed by atoms with Gasteiger partial charge in [-0.15, -0.1) is 0 Å². The summed E-state index contributed by atoms with van der Waals surface area (Å²) >= 11 is 0.659. The van der Waals surface area contributed by atoms with Crippen molar-refractivity contribution in [3.05, 3.63) is 52.6 Å². The number of esters is 1. The van der Waals surface area contributed by atoms with Crippen molar-refractivity contribution in [3.8, 4) is 0 Å². The van der Waals surface area contributed by atoms with Crippen molar-refractivity contribution in [3.63, 3.8) is 0 Å². The number of aromatic amines is 1. The number of nitrogens with one attached hydrogen (secondary N) is 2. The lowest BCUT2D eigenvalue weighted by Crippen LogP contribution is -2.47. The summed E-state index contributed by atoms with van der Waals surface area (Å²) < 4.78 is 44.6. The summed E-state index contributed by atoms with van der Waals surface area (Å²) in [5.41, 5.74) is 2.43. The van der Waals surface area contributed by atoms with Crippen LogP contribution in [0.3, 0.4) is 0 Å². The zero-order valence-corrected chi connectivity index (χ0v) is 32.8. The molecule has 0 radical (unpaired) electrons. The molecule has 4 rings (SSSR count). The second-order valence-corrected chi connectivity index (χ2v) is 16.2. The van der Waals surface area contributed by atoms with E-state index in [0.717, 1.165) is 11.2 Å². The molecule has 0 aliphatic carbocycles. The fourth-order valence-corrected chi connectivity index (χ4v) is 8.14. The van der Waals surface area contributed by atoms with Crippen molar-refractivity contribution in [2.45, 2.75) is 70.3 Å². The number of aromatic nitrogens is 4. The number of rotatable bonds is 19. The monoisotopic (exact) mass is 811 g/mol. The highest BCUT2D eigenvalue weighted by Gasteiger charge is 2.57. The number of thioether (sulfide) groups is 1. The number of nitrogens with zero attached hydrogens (tertiary/aromatic N) is 4. The number of ether oxygens (including phenoxy) is 3. The number of imidazole rings is 1. The number of anilines is 1. The zero-order valence-electron chi connectivity index (χ0n) is 31.1. The smallest absolute Gasteiger partial charge is 0.407 e. The van der Waals surface area contributed by atoms with Gasteiger partial charge in [-0.1, -0.05) is 42.1 Å². The fourth-order valence-electron chi connectivity index (χ4n) is 5.46. The lowest BCUT2D eigenvalue weighted by atomic mass is 9.96. The molecular weight excluding hydrogens is 765 g/mol. The first kappa shape index (κ1) is 43.5. The molecule has 0 spiro atoms. The molecule has 22 heteroatoms. The zero-order chi connectivity index (χ0) is 40.7. The number of fused-ring (bicyclic) bond motifs is 1. The molecule has 302 valence electrons. The Kier molecular flexibility index (Phi) is 14.4. The van der Waals surface area contributed by atoms with Crippen LogP contribution in [0.15, 0.2) is 41.5 Å². The van der Waals surface area contributed by atoms with Crippen LogP contribution in [0.2, 0.25) is 0 Å². The van der Waals surface area contributed by atoms with Crippen LogP contribution in [0.25, 0.3) is 11.2 Å². The molecule has 0 saturated carbocycles. The third-order valence-electron chi connectivity index (χ3n) is 8.61. The van der Waals surface area contributed by atoms with E-state index in [1.165, 1.54) is 39.4 Å². The lowest BCUT2D eigenvalue weighted by molar-refractivity contribution is -0.163. The number of amides is 1. The predicted molar refractivity (Wildman–Crippen MR) is 197 cm³/mol. The Hall–Kier alpha value is -4.21. The Bertz CT molecular complexity index is 1940. The Labute approximate surface area is 320 Å². The van der Waals surface area contributed by atoms with E-state index in [-0.39, 0.29) is 42.4 Å². The van der Waals surface area contributed by atoms with E-state index in [1.54, 1.807) is 37.3 Å². The van der Waals surface area contributed by atoms with Crippen molar-refractivity contribution in [1.82, 2.24) is 29.5 Å². The number of carbonyl (C=O) groups is 4. The Morgan fingerprint density at radius 1 is 1.27 bits per heavy atom. The van der Waals surface area contributed by atoms with Crippen LogP contribution >= 0.6 is 19.5 Å². The van der Waals surface area contributed by atoms with Gasteiger partial charge in [0.2, 0.25) is 5.95 Å². The van der Waals surface area contributed by atoms with Gasteiger partial charge in [0.25, 0.3) is 17.9 Å². The predicted octanol–water partition coefficient (Wildman–Crippen LogP) is 0.532. The maximum atomic E-state index is 14.9. The van der Waals surface area contributed by atoms with E-state index in [4.69, 9.17) is 29.0 Å². The fraction of sp³-hybridized carbons (Fsp3) is 0.545. The maximum Gasteiger partial charge on any atom is 0.407 e. The minimum absolute atomic E-state index is 0.0347. The van der Waals surface area contributed by atoms with E-state index in [0.29, 0.717) is 17.3 Å². The number of benzene rings is 1. The number of nitrogen functional groups attached to an aromatic ring is 1. The largest absolute Gasteiger partial charge is 0.465 e. The molecule has 2 aromatic heterocycles. The number of carbonyl (C=O) groups excluding carboxylic acids is 4. The first-order valence-corrected chi connectivity index (χ1v) is 19.5. The number of aliphatic hydroxyl groups is 2. The van der Waals surface area contributed by atoms with Crippen molar-refractivity contribution in [2.24, 2.45) is 5.41 Å². The minimum atomic E-state index is -4.88. The van der Waals surface area contributed by atoms with Crippen LogP contribution in [-0.4, -0.2) is 128 Å². The van der Waals surface area contributed by atoms with Crippen molar-refractivity contribution < 1.29 is 57.2 Å². The molecule has 1 aromatic carbocycles. The summed E-state index contributed by atoms with van der Waals surface area (Å²) in [6.07, 6.45) is -5.08. The summed E-state index contributed by atoms with van der Waals surface area (Å²) in [6, 6.07) is 7.29. The summed E-state index contributed by atoms with van der Waals surface area (Å²) in [5.74, 6) is -2.19. The van der Waals surface area contributed by atoms with Crippen LogP contribution in [-0.2, 0) is 53.4 Å². The van der Waals surface area contributed by atoms with Crippen LogP contribution in [0, 0.1) is 5.41 Å². The molecular formula is C33H46N7O13PS. The molecule has 3 aromatic rings. The standard InChI is InChI=1S/C33H46N7O13PS/c1-7-49-28(46)20(13-19-11-9-8-10-12-19)38-54(48,53-22(27(45)39(5)6)15-55-30(47)32(2,3)16-41)51-14-21-24(43)33(4,50-18-42)29(52-21)40-17-35-23-25(40)36-31(34)37-26(23)44/h8-12,17-18,20-22,24,29,41,43H,7,13-16H2,1-6H3,(H,38,48)(H3,34,36,37,44)/t20-,21+,22?,24+,29+,33+,54?/m0/s1. The molecule has 7 atom stereocenters. The normalized spacial score (nSPS) is 22.1. The van der Waals surface area contributed by atoms with E-state index < -0.39 is 85.1 Å². The van der Waals surface area contributed by atoms with E-state index in [1.807, 2.05) is 0 Å². The van der Waals surface area contributed by atoms with E-state index >= 15 is 0 Å². The maximum absolute atomic E-state index is 14.9. The van der Waals surface area contributed by atoms with Gasteiger partial charge < -0.3 is 35.1 Å². The van der Waals surface area contributed by atoms with Crippen LogP contribution in [0.1, 0.15) is 39.5 Å². The molecule has 3 heterocycles. The number of likely N-dealkylation sites (N-methyl/N-ethyl adjacent to an activating group) is 1. The minimum Gasteiger partial charge on any atom is -0.465 e. The van der Waals surface area contributed by atoms with Gasteiger partial charge in [0, 0.05) is 19.8 Å². The Morgan fingerprint density at radius 3 is 2.58 bits per heavy atom. The summed E-state index contributed by atoms with van der Waals surface area (Å²) in [7, 11) is -2.07. The Balaban J connectivity index is 1.72. The van der Waals surface area contributed by atoms with Gasteiger partial charge in [-0.25, -0.2) is 14.6 Å². The van der Waals surface area contributed by atoms with Crippen LogP contribution in [0.4, 0.5) is 5.95 Å². The van der Waals surface area contributed by atoms with E-state index in [2.05, 4.69) is 20.0 Å². The summed E-state index contributed by atoms with van der Waals surface area (Å²) in [4.78, 5) is 75.4. The average Bonchev–Trinajstić information content (AvgIpc) is 3.66. The van der Waals surface area contributed by atoms with Gasteiger partial charge in [0.15, 0.2) is 34.2 Å². The van der Waals surface area contributed by atoms with Crippen LogP contribution in [0.5, 0.6) is 0 Å². The summed E-state index contributed by atoms with van der Waals surface area (Å²) in [6.45, 7) is 4.71. The first-order chi connectivity index (χ1) is 25.9. The third-order valence-corrected chi connectivity index (χ3v) is 11.5. The van der Waals surface area contributed by atoms with Crippen molar-refractivity contribution >= 4 is 60.1 Å². The molecule has 2 unspecified atom stereocenters. The first-order valence-electron chi connectivity index (χ1n) is 17.0. The second-order valence-electron chi connectivity index (χ2n) is 13.5. The number of nitrogens with two attached hydrogens (primary N) is 1. The molecule has 1 aliphatic heterocycles. The molecule has 1 amide bonds. The number of H-pyrrole nitrogens is 1. The number of hydrogen-bond acceptors (Lipinski definition) is 17. The van der Waals surface area contributed by atoms with Gasteiger partial charge in [-0.3, -0.25) is 42.6 Å². The van der Waals surface area contributed by atoms with Gasteiger partial charge in [-0.05, 0) is 39.7 Å². The molecule has 1 aliphatic rings.